The molecule has 1 heterocycles. The van der Waals surface area contributed by atoms with Crippen molar-refractivity contribution >= 4 is 0 Å². The Kier molecular flexibility index (Phi) is 3.46. The molecule has 3 atom stereocenters. The van der Waals surface area contributed by atoms with Gasteiger partial charge in [0, 0.05) is 17.5 Å². The zero-order valence-electron chi connectivity index (χ0n) is 9.94. The van der Waals surface area contributed by atoms with E-state index >= 15 is 0 Å². The lowest BCUT2D eigenvalue weighted by molar-refractivity contribution is 0.258. The molecule has 1 aliphatic rings. The molecule has 1 aromatic rings. The molecule has 2 rings (SSSR count). The Labute approximate surface area is 97.0 Å². The second-order valence-corrected chi connectivity index (χ2v) is 4.53. The summed E-state index contributed by atoms with van der Waals surface area (Å²) in [4.78, 5) is 0. The summed E-state index contributed by atoms with van der Waals surface area (Å²) >= 11 is 0. The Morgan fingerprint density at radius 3 is 2.94 bits per heavy atom. The van der Waals surface area contributed by atoms with Crippen molar-refractivity contribution in [3.05, 3.63) is 29.8 Å². The molecular formula is C13H20N2O. The number of para-hydroxylation sites is 1. The second-order valence-electron chi connectivity index (χ2n) is 4.53. The van der Waals surface area contributed by atoms with Crippen LogP contribution in [0.1, 0.15) is 31.7 Å². The van der Waals surface area contributed by atoms with Gasteiger partial charge in [-0.3, -0.25) is 11.3 Å². The highest BCUT2D eigenvalue weighted by Gasteiger charge is 2.32. The molecule has 16 heavy (non-hydrogen) atoms. The fourth-order valence-corrected chi connectivity index (χ4v) is 2.42. The third-order valence-electron chi connectivity index (χ3n) is 3.62. The number of nitrogens with two attached hydrogens (primary N) is 1. The van der Waals surface area contributed by atoms with Crippen LogP contribution in [-0.4, -0.2) is 12.6 Å². The maximum atomic E-state index is 5.69. The number of benzene rings is 1. The Balaban J connectivity index is 2.23. The molecule has 3 nitrogen and oxygen atoms in total. The van der Waals surface area contributed by atoms with Crippen LogP contribution in [0.2, 0.25) is 0 Å². The van der Waals surface area contributed by atoms with Crippen LogP contribution in [0.3, 0.4) is 0 Å². The number of fused-ring (bicyclic) bond motifs is 1. The monoisotopic (exact) mass is 220 g/mol. The molecular weight excluding hydrogens is 200 g/mol. The van der Waals surface area contributed by atoms with E-state index in [9.17, 15) is 0 Å². The van der Waals surface area contributed by atoms with Crippen molar-refractivity contribution in [3.63, 3.8) is 0 Å². The van der Waals surface area contributed by atoms with Crippen molar-refractivity contribution < 1.29 is 4.74 Å². The SMILES string of the molecule is CCC(C)C(NN)C1COc2ccccc21. The molecule has 88 valence electrons. The first-order valence-electron chi connectivity index (χ1n) is 5.95. The van der Waals surface area contributed by atoms with E-state index in [-0.39, 0.29) is 6.04 Å². The lowest BCUT2D eigenvalue weighted by Crippen LogP contribution is -2.44. The van der Waals surface area contributed by atoms with Crippen LogP contribution in [0.25, 0.3) is 0 Å². The van der Waals surface area contributed by atoms with Crippen LogP contribution < -0.4 is 16.0 Å². The minimum absolute atomic E-state index is 0.286. The molecule has 3 N–H and O–H groups in total. The third kappa shape index (κ3) is 1.93. The van der Waals surface area contributed by atoms with Crippen LogP contribution in [0.5, 0.6) is 5.75 Å². The number of ether oxygens (including phenoxy) is 1. The summed E-state index contributed by atoms with van der Waals surface area (Å²) in [5.41, 5.74) is 4.24. The standard InChI is InChI=1S/C13H20N2O/c1-3-9(2)13(15-14)11-8-16-12-7-5-4-6-10(11)12/h4-7,9,11,13,15H,3,8,14H2,1-2H3. The molecule has 3 unspecified atom stereocenters. The van der Waals surface area contributed by atoms with E-state index < -0.39 is 0 Å². The van der Waals surface area contributed by atoms with Crippen molar-refractivity contribution in [2.75, 3.05) is 6.61 Å². The molecule has 0 amide bonds. The number of hydrogen-bond acceptors (Lipinski definition) is 3. The molecule has 0 radical (unpaired) electrons. The number of hydrogen-bond donors (Lipinski definition) is 2. The molecule has 0 aliphatic carbocycles. The van der Waals surface area contributed by atoms with Gasteiger partial charge in [0.1, 0.15) is 5.75 Å². The molecule has 1 aliphatic heterocycles. The number of rotatable bonds is 4. The first-order valence-corrected chi connectivity index (χ1v) is 5.95. The van der Waals surface area contributed by atoms with E-state index in [1.165, 1.54) is 5.56 Å². The van der Waals surface area contributed by atoms with Crippen molar-refractivity contribution in [1.29, 1.82) is 0 Å². The summed E-state index contributed by atoms with van der Waals surface area (Å²) < 4.78 is 5.69. The van der Waals surface area contributed by atoms with Gasteiger partial charge in [0.2, 0.25) is 0 Å². The predicted octanol–water partition coefficient (Wildman–Crippen LogP) is 2.04. The molecule has 0 fully saturated rings. The smallest absolute Gasteiger partial charge is 0.122 e. The van der Waals surface area contributed by atoms with Crippen molar-refractivity contribution in [1.82, 2.24) is 5.43 Å². The third-order valence-corrected chi connectivity index (χ3v) is 3.62. The van der Waals surface area contributed by atoms with Crippen LogP contribution in [-0.2, 0) is 0 Å². The Hall–Kier alpha value is -1.06. The van der Waals surface area contributed by atoms with E-state index in [4.69, 9.17) is 10.6 Å². The summed E-state index contributed by atoms with van der Waals surface area (Å²) in [6.45, 7) is 5.15. The maximum Gasteiger partial charge on any atom is 0.122 e. The first-order chi connectivity index (χ1) is 7.77. The largest absolute Gasteiger partial charge is 0.493 e. The normalized spacial score (nSPS) is 22.3. The highest BCUT2D eigenvalue weighted by Crippen LogP contribution is 2.37. The van der Waals surface area contributed by atoms with Gasteiger partial charge in [-0.05, 0) is 12.0 Å². The Morgan fingerprint density at radius 1 is 1.50 bits per heavy atom. The van der Waals surface area contributed by atoms with Crippen LogP contribution in [0.4, 0.5) is 0 Å². The van der Waals surface area contributed by atoms with Crippen molar-refractivity contribution in [3.8, 4) is 5.75 Å². The Bertz CT molecular complexity index is 354. The topological polar surface area (TPSA) is 47.3 Å². The molecule has 0 saturated heterocycles. The van der Waals surface area contributed by atoms with Gasteiger partial charge in [-0.1, -0.05) is 38.5 Å². The van der Waals surface area contributed by atoms with Gasteiger partial charge in [-0.15, -0.1) is 0 Å². The predicted molar refractivity (Wildman–Crippen MR) is 65.2 cm³/mol. The van der Waals surface area contributed by atoms with Gasteiger partial charge in [0.25, 0.3) is 0 Å². The van der Waals surface area contributed by atoms with Gasteiger partial charge in [-0.25, -0.2) is 0 Å². The van der Waals surface area contributed by atoms with E-state index in [0.717, 1.165) is 18.8 Å². The number of hydrazine groups is 1. The van der Waals surface area contributed by atoms with Gasteiger partial charge in [0.05, 0.1) is 6.61 Å². The Morgan fingerprint density at radius 2 is 2.25 bits per heavy atom. The summed E-state index contributed by atoms with van der Waals surface area (Å²) in [5.74, 6) is 7.61. The van der Waals surface area contributed by atoms with Crippen LogP contribution >= 0.6 is 0 Å². The fraction of sp³-hybridized carbons (Fsp3) is 0.538. The number of nitrogens with one attached hydrogen (secondary N) is 1. The molecule has 0 saturated carbocycles. The minimum atomic E-state index is 0.286. The van der Waals surface area contributed by atoms with E-state index in [0.29, 0.717) is 11.8 Å². The quantitative estimate of drug-likeness (QED) is 0.603. The molecule has 0 spiro atoms. The zero-order chi connectivity index (χ0) is 11.5. The van der Waals surface area contributed by atoms with Gasteiger partial charge < -0.3 is 4.74 Å². The van der Waals surface area contributed by atoms with Gasteiger partial charge >= 0.3 is 0 Å². The van der Waals surface area contributed by atoms with E-state index in [2.05, 4.69) is 31.4 Å². The van der Waals surface area contributed by atoms with Gasteiger partial charge in [-0.2, -0.15) is 0 Å². The summed E-state index contributed by atoms with van der Waals surface area (Å²) in [5, 5.41) is 0. The van der Waals surface area contributed by atoms with E-state index in [1.807, 2.05) is 12.1 Å². The molecule has 3 heteroatoms. The van der Waals surface area contributed by atoms with Crippen molar-refractivity contribution in [2.45, 2.75) is 32.2 Å². The first kappa shape index (κ1) is 11.4. The molecule has 1 aromatic carbocycles. The second kappa shape index (κ2) is 4.85. The lowest BCUT2D eigenvalue weighted by atomic mass is 9.85. The highest BCUT2D eigenvalue weighted by atomic mass is 16.5. The summed E-state index contributed by atoms with van der Waals surface area (Å²) in [6.07, 6.45) is 1.12. The van der Waals surface area contributed by atoms with Gasteiger partial charge in [0.15, 0.2) is 0 Å². The van der Waals surface area contributed by atoms with E-state index in [1.54, 1.807) is 0 Å². The average molecular weight is 220 g/mol. The highest BCUT2D eigenvalue weighted by molar-refractivity contribution is 5.40. The maximum absolute atomic E-state index is 5.69. The lowest BCUT2D eigenvalue weighted by Gasteiger charge is -2.27. The minimum Gasteiger partial charge on any atom is -0.493 e. The average Bonchev–Trinajstić information content (AvgIpc) is 2.74. The molecule has 0 aromatic heterocycles. The van der Waals surface area contributed by atoms with Crippen LogP contribution in [0, 0.1) is 5.92 Å². The summed E-state index contributed by atoms with van der Waals surface area (Å²) in [6, 6.07) is 8.52. The zero-order valence-corrected chi connectivity index (χ0v) is 9.94. The summed E-state index contributed by atoms with van der Waals surface area (Å²) in [7, 11) is 0. The fourth-order valence-electron chi connectivity index (χ4n) is 2.42. The van der Waals surface area contributed by atoms with Crippen molar-refractivity contribution in [2.24, 2.45) is 11.8 Å². The van der Waals surface area contributed by atoms with Crippen LogP contribution in [0.15, 0.2) is 24.3 Å². The molecule has 0 bridgehead atoms.